The zero-order valence-electron chi connectivity index (χ0n) is 11.0. The van der Waals surface area contributed by atoms with Crippen LogP contribution in [0.4, 0.5) is 0 Å². The van der Waals surface area contributed by atoms with Crippen LogP contribution in [0.15, 0.2) is 28.7 Å². The van der Waals surface area contributed by atoms with Crippen molar-refractivity contribution in [3.8, 4) is 0 Å². The predicted octanol–water partition coefficient (Wildman–Crippen LogP) is 2.55. The van der Waals surface area contributed by atoms with Gasteiger partial charge in [0.1, 0.15) is 0 Å². The van der Waals surface area contributed by atoms with Crippen molar-refractivity contribution in [1.29, 1.82) is 0 Å². The van der Waals surface area contributed by atoms with Crippen LogP contribution < -0.4 is 10.6 Å². The fraction of sp³-hybridized carbons (Fsp3) is 0.500. The van der Waals surface area contributed by atoms with Crippen molar-refractivity contribution in [2.24, 2.45) is 0 Å². The predicted molar refractivity (Wildman–Crippen MR) is 84.3 cm³/mol. The lowest BCUT2D eigenvalue weighted by atomic mass is 10.1. The molecule has 5 heteroatoms. The topological polar surface area (TPSA) is 41.1 Å². The normalized spacial score (nSPS) is 20.2. The van der Waals surface area contributed by atoms with E-state index in [0.29, 0.717) is 0 Å². The Hall–Kier alpha value is -0.520. The third-order valence-corrected chi connectivity index (χ3v) is 4.67. The maximum absolute atomic E-state index is 11.9. The van der Waals surface area contributed by atoms with Crippen LogP contribution in [0.3, 0.4) is 0 Å². The first-order valence-corrected chi connectivity index (χ1v) is 8.46. The molecule has 2 atom stereocenters. The van der Waals surface area contributed by atoms with Gasteiger partial charge >= 0.3 is 0 Å². The summed E-state index contributed by atoms with van der Waals surface area (Å²) in [6, 6.07) is 8.54. The maximum Gasteiger partial charge on any atom is 0.238 e. The largest absolute Gasteiger partial charge is 0.352 e. The number of hydrogen-bond acceptors (Lipinski definition) is 3. The van der Waals surface area contributed by atoms with E-state index in [4.69, 9.17) is 0 Å². The summed E-state index contributed by atoms with van der Waals surface area (Å²) in [4.78, 5) is 11.9. The molecule has 104 valence electrons. The van der Waals surface area contributed by atoms with Gasteiger partial charge in [0, 0.05) is 22.1 Å². The lowest BCUT2D eigenvalue weighted by molar-refractivity contribution is -0.123. The van der Waals surface area contributed by atoms with E-state index >= 15 is 0 Å². The Balaban J connectivity index is 1.73. The Morgan fingerprint density at radius 1 is 1.53 bits per heavy atom. The molecule has 1 aliphatic heterocycles. The number of nitrogens with one attached hydrogen (secondary N) is 2. The monoisotopic (exact) mass is 342 g/mol. The molecule has 0 radical (unpaired) electrons. The minimum Gasteiger partial charge on any atom is -0.352 e. The summed E-state index contributed by atoms with van der Waals surface area (Å²) in [7, 11) is 0. The number of amides is 1. The van der Waals surface area contributed by atoms with Gasteiger partial charge in [-0.2, -0.15) is 0 Å². The fourth-order valence-corrected chi connectivity index (χ4v) is 3.22. The number of hydrogen-bond donors (Lipinski definition) is 2. The molecule has 0 bridgehead atoms. The summed E-state index contributed by atoms with van der Waals surface area (Å²) < 4.78 is 1.10. The summed E-state index contributed by atoms with van der Waals surface area (Å²) in [5, 5.41) is 6.27. The molecular formula is C14H19BrN2OS. The van der Waals surface area contributed by atoms with Crippen molar-refractivity contribution >= 4 is 33.6 Å². The summed E-state index contributed by atoms with van der Waals surface area (Å²) in [6.07, 6.45) is 1.95. The van der Waals surface area contributed by atoms with Gasteiger partial charge in [-0.1, -0.05) is 28.1 Å². The summed E-state index contributed by atoms with van der Waals surface area (Å²) >= 11 is 5.20. The first kappa shape index (κ1) is 14.9. The number of carbonyl (C=O) groups excluding carboxylic acids is 1. The van der Waals surface area contributed by atoms with E-state index in [0.717, 1.165) is 28.9 Å². The van der Waals surface area contributed by atoms with Gasteiger partial charge in [0.2, 0.25) is 5.91 Å². The number of carbonyl (C=O) groups is 1. The van der Waals surface area contributed by atoms with E-state index in [9.17, 15) is 4.79 Å². The number of halogens is 1. The highest BCUT2D eigenvalue weighted by atomic mass is 79.9. The molecule has 1 aliphatic rings. The van der Waals surface area contributed by atoms with Crippen molar-refractivity contribution in [3.05, 3.63) is 34.3 Å². The molecule has 0 saturated carbocycles. The van der Waals surface area contributed by atoms with E-state index in [1.165, 1.54) is 5.56 Å². The van der Waals surface area contributed by atoms with Crippen LogP contribution in [-0.2, 0) is 11.2 Å². The van der Waals surface area contributed by atoms with Crippen LogP contribution in [0.25, 0.3) is 0 Å². The van der Waals surface area contributed by atoms with Crippen LogP contribution >= 0.6 is 27.7 Å². The van der Waals surface area contributed by atoms with E-state index < -0.39 is 0 Å². The van der Waals surface area contributed by atoms with Crippen molar-refractivity contribution in [2.45, 2.75) is 31.8 Å². The van der Waals surface area contributed by atoms with Crippen molar-refractivity contribution < 1.29 is 4.79 Å². The highest BCUT2D eigenvalue weighted by Crippen LogP contribution is 2.13. The number of benzene rings is 1. The summed E-state index contributed by atoms with van der Waals surface area (Å²) in [5.74, 6) is 1.89. The molecule has 0 aromatic heterocycles. The molecule has 1 amide bonds. The highest BCUT2D eigenvalue weighted by molar-refractivity contribution is 9.10. The van der Waals surface area contributed by atoms with Crippen molar-refractivity contribution in [2.75, 3.05) is 11.6 Å². The first-order chi connectivity index (χ1) is 9.15. The molecule has 2 unspecified atom stereocenters. The Kier molecular flexibility index (Phi) is 5.73. The Morgan fingerprint density at radius 2 is 2.26 bits per heavy atom. The Bertz CT molecular complexity index is 418. The molecule has 1 fully saturated rings. The van der Waals surface area contributed by atoms with E-state index in [1.54, 1.807) is 11.8 Å². The molecule has 3 nitrogen and oxygen atoms in total. The van der Waals surface area contributed by atoms with Crippen LogP contribution in [-0.4, -0.2) is 29.6 Å². The average Bonchev–Trinajstić information content (AvgIpc) is 2.92. The molecule has 2 N–H and O–H groups in total. The standard InChI is InChI=1S/C14H19BrN2OS/c1-10(17-14(18)13-8-19-9-16-13)2-3-11-4-6-12(15)7-5-11/h4-7,10,13,16H,2-3,8-9H2,1H3,(H,17,18). The molecule has 19 heavy (non-hydrogen) atoms. The van der Waals surface area contributed by atoms with E-state index in [2.05, 4.69) is 57.8 Å². The molecule has 1 heterocycles. The number of rotatable bonds is 5. The molecule has 0 spiro atoms. The Labute approximate surface area is 127 Å². The van der Waals surface area contributed by atoms with Gasteiger partial charge in [-0.05, 0) is 37.5 Å². The molecule has 1 saturated heterocycles. The zero-order valence-corrected chi connectivity index (χ0v) is 13.4. The smallest absolute Gasteiger partial charge is 0.238 e. The lowest BCUT2D eigenvalue weighted by Crippen LogP contribution is -2.45. The molecule has 1 aromatic rings. The average molecular weight is 343 g/mol. The van der Waals surface area contributed by atoms with Gasteiger partial charge in [-0.25, -0.2) is 0 Å². The van der Waals surface area contributed by atoms with E-state index in [1.807, 2.05) is 0 Å². The van der Waals surface area contributed by atoms with Crippen LogP contribution in [0, 0.1) is 0 Å². The van der Waals surface area contributed by atoms with Crippen molar-refractivity contribution in [1.82, 2.24) is 10.6 Å². The molecule has 1 aromatic carbocycles. The van der Waals surface area contributed by atoms with Gasteiger partial charge in [0.15, 0.2) is 0 Å². The minimum atomic E-state index is -0.0138. The Morgan fingerprint density at radius 3 is 2.89 bits per heavy atom. The summed E-state index contributed by atoms with van der Waals surface area (Å²) in [5.41, 5.74) is 1.30. The minimum absolute atomic E-state index is 0.0138. The molecule has 2 rings (SSSR count). The van der Waals surface area contributed by atoms with Crippen LogP contribution in [0.1, 0.15) is 18.9 Å². The van der Waals surface area contributed by atoms with E-state index in [-0.39, 0.29) is 18.0 Å². The van der Waals surface area contributed by atoms with Crippen LogP contribution in [0.2, 0.25) is 0 Å². The second kappa shape index (κ2) is 7.31. The highest BCUT2D eigenvalue weighted by Gasteiger charge is 2.23. The van der Waals surface area contributed by atoms with Crippen molar-refractivity contribution in [3.63, 3.8) is 0 Å². The number of aryl methyl sites for hydroxylation is 1. The molecular weight excluding hydrogens is 324 g/mol. The fourth-order valence-electron chi connectivity index (χ4n) is 2.01. The first-order valence-electron chi connectivity index (χ1n) is 6.51. The van der Waals surface area contributed by atoms with Gasteiger partial charge < -0.3 is 5.32 Å². The summed E-state index contributed by atoms with van der Waals surface area (Å²) in [6.45, 7) is 2.07. The SMILES string of the molecule is CC(CCc1ccc(Br)cc1)NC(=O)C1CSCN1. The van der Waals surface area contributed by atoms with Gasteiger partial charge in [-0.3, -0.25) is 10.1 Å². The zero-order chi connectivity index (χ0) is 13.7. The van der Waals surface area contributed by atoms with Gasteiger partial charge in [-0.15, -0.1) is 11.8 Å². The molecule has 0 aliphatic carbocycles. The lowest BCUT2D eigenvalue weighted by Gasteiger charge is -2.17. The third-order valence-electron chi connectivity index (χ3n) is 3.20. The quantitative estimate of drug-likeness (QED) is 0.863. The van der Waals surface area contributed by atoms with Crippen LogP contribution in [0.5, 0.6) is 0 Å². The second-order valence-electron chi connectivity index (χ2n) is 4.85. The van der Waals surface area contributed by atoms with Gasteiger partial charge in [0.05, 0.1) is 6.04 Å². The second-order valence-corrected chi connectivity index (χ2v) is 6.79. The number of thioether (sulfide) groups is 1. The van der Waals surface area contributed by atoms with Gasteiger partial charge in [0.25, 0.3) is 0 Å². The third kappa shape index (κ3) is 4.82. The maximum atomic E-state index is 11.9.